The lowest BCUT2D eigenvalue weighted by Crippen LogP contribution is -2.41. The number of anilines is 1. The molecule has 19 heavy (non-hydrogen) atoms. The van der Waals surface area contributed by atoms with Crippen LogP contribution < -0.4 is 10.6 Å². The summed E-state index contributed by atoms with van der Waals surface area (Å²) in [7, 11) is 1.91. The highest BCUT2D eigenvalue weighted by molar-refractivity contribution is 5.92. The molecule has 1 aliphatic rings. The van der Waals surface area contributed by atoms with Crippen LogP contribution in [-0.2, 0) is 4.79 Å². The largest absolute Gasteiger partial charge is 0.322 e. The summed E-state index contributed by atoms with van der Waals surface area (Å²) in [5, 5.41) is 5.76. The molecule has 0 radical (unpaired) electrons. The van der Waals surface area contributed by atoms with Crippen molar-refractivity contribution in [1.82, 2.24) is 10.2 Å². The number of carbonyl (C=O) groups excluding carboxylic acids is 1. The molecule has 104 valence electrons. The van der Waals surface area contributed by atoms with Crippen LogP contribution in [0.3, 0.4) is 0 Å². The third-order valence-corrected chi connectivity index (χ3v) is 3.43. The van der Waals surface area contributed by atoms with Crippen molar-refractivity contribution in [2.75, 3.05) is 32.0 Å². The van der Waals surface area contributed by atoms with Crippen LogP contribution in [0.15, 0.2) is 24.3 Å². The van der Waals surface area contributed by atoms with Crippen molar-refractivity contribution in [2.45, 2.75) is 18.9 Å². The van der Waals surface area contributed by atoms with Gasteiger partial charge >= 0.3 is 0 Å². The zero-order valence-electron chi connectivity index (χ0n) is 11.2. The van der Waals surface area contributed by atoms with Gasteiger partial charge in [0.2, 0.25) is 5.91 Å². The smallest absolute Gasteiger partial charge is 0.238 e. The van der Waals surface area contributed by atoms with Gasteiger partial charge in [-0.1, -0.05) is 12.1 Å². The number of rotatable bonds is 5. The highest BCUT2D eigenvalue weighted by atomic mass is 19.1. The summed E-state index contributed by atoms with van der Waals surface area (Å²) in [5.74, 6) is -0.558. The van der Waals surface area contributed by atoms with E-state index in [1.807, 2.05) is 7.05 Å². The predicted molar refractivity (Wildman–Crippen MR) is 73.6 cm³/mol. The molecule has 0 aliphatic carbocycles. The SMILES string of the molecule is CNCC1CCCN1CC(=O)Nc1ccccc1F. The van der Waals surface area contributed by atoms with Gasteiger partial charge in [0.1, 0.15) is 5.82 Å². The third kappa shape index (κ3) is 3.75. The third-order valence-electron chi connectivity index (χ3n) is 3.43. The number of nitrogens with one attached hydrogen (secondary N) is 2. The van der Waals surface area contributed by atoms with Gasteiger partial charge in [0, 0.05) is 12.6 Å². The summed E-state index contributed by atoms with van der Waals surface area (Å²) >= 11 is 0. The molecule has 2 N–H and O–H groups in total. The first-order valence-electron chi connectivity index (χ1n) is 6.63. The summed E-state index contributed by atoms with van der Waals surface area (Å²) in [6.45, 7) is 2.13. The normalized spacial score (nSPS) is 19.6. The van der Waals surface area contributed by atoms with Crippen LogP contribution in [0.1, 0.15) is 12.8 Å². The quantitative estimate of drug-likeness (QED) is 0.847. The van der Waals surface area contributed by atoms with Crippen molar-refractivity contribution in [3.8, 4) is 0 Å². The number of likely N-dealkylation sites (N-methyl/N-ethyl adjacent to an activating group) is 1. The number of hydrogen-bond acceptors (Lipinski definition) is 3. The summed E-state index contributed by atoms with van der Waals surface area (Å²) in [6, 6.07) is 6.63. The zero-order valence-corrected chi connectivity index (χ0v) is 11.2. The molecular formula is C14H20FN3O. The topological polar surface area (TPSA) is 44.4 Å². The second-order valence-electron chi connectivity index (χ2n) is 4.85. The fraction of sp³-hybridized carbons (Fsp3) is 0.500. The van der Waals surface area contributed by atoms with E-state index in [0.29, 0.717) is 12.6 Å². The van der Waals surface area contributed by atoms with E-state index >= 15 is 0 Å². The maximum Gasteiger partial charge on any atom is 0.238 e. The standard InChI is InChI=1S/C14H20FN3O/c1-16-9-11-5-4-8-18(11)10-14(19)17-13-7-3-2-6-12(13)15/h2-3,6-7,11,16H,4-5,8-10H2,1H3,(H,17,19). The molecule has 0 spiro atoms. The average molecular weight is 265 g/mol. The fourth-order valence-electron chi connectivity index (χ4n) is 2.51. The fourth-order valence-corrected chi connectivity index (χ4v) is 2.51. The van der Waals surface area contributed by atoms with Gasteiger partial charge in [-0.15, -0.1) is 0 Å². The maximum absolute atomic E-state index is 13.4. The van der Waals surface area contributed by atoms with Crippen LogP contribution in [0.4, 0.5) is 10.1 Å². The summed E-state index contributed by atoms with van der Waals surface area (Å²) in [4.78, 5) is 14.1. The Balaban J connectivity index is 1.89. The lowest BCUT2D eigenvalue weighted by molar-refractivity contribution is -0.117. The lowest BCUT2D eigenvalue weighted by Gasteiger charge is -2.23. The first-order chi connectivity index (χ1) is 9.20. The summed E-state index contributed by atoms with van der Waals surface area (Å²) in [5.41, 5.74) is 0.247. The summed E-state index contributed by atoms with van der Waals surface area (Å²) in [6.07, 6.45) is 2.22. The Labute approximate surface area is 113 Å². The first-order valence-corrected chi connectivity index (χ1v) is 6.63. The van der Waals surface area contributed by atoms with Gasteiger partial charge in [-0.25, -0.2) is 4.39 Å². The lowest BCUT2D eigenvalue weighted by atomic mass is 10.2. The average Bonchev–Trinajstić information content (AvgIpc) is 2.80. The number of halogens is 1. The highest BCUT2D eigenvalue weighted by Gasteiger charge is 2.25. The molecule has 1 fully saturated rings. The van der Waals surface area contributed by atoms with Crippen molar-refractivity contribution in [3.05, 3.63) is 30.1 Å². The molecule has 0 bridgehead atoms. The minimum absolute atomic E-state index is 0.159. The van der Waals surface area contributed by atoms with Crippen LogP contribution in [0.2, 0.25) is 0 Å². The van der Waals surface area contributed by atoms with Gasteiger partial charge in [-0.2, -0.15) is 0 Å². The predicted octanol–water partition coefficient (Wildman–Crippen LogP) is 1.45. The molecule has 5 heteroatoms. The number of likely N-dealkylation sites (tertiary alicyclic amines) is 1. The minimum Gasteiger partial charge on any atom is -0.322 e. The first kappa shape index (κ1) is 14.0. The maximum atomic E-state index is 13.4. The molecule has 4 nitrogen and oxygen atoms in total. The van der Waals surface area contributed by atoms with Gasteiger partial charge in [0.05, 0.1) is 12.2 Å². The Morgan fingerprint density at radius 3 is 3.00 bits per heavy atom. The molecule has 0 saturated carbocycles. The molecule has 1 aromatic carbocycles. The molecule has 2 rings (SSSR count). The van der Waals surface area contributed by atoms with E-state index in [2.05, 4.69) is 15.5 Å². The second-order valence-corrected chi connectivity index (χ2v) is 4.85. The monoisotopic (exact) mass is 265 g/mol. The van der Waals surface area contributed by atoms with Crippen LogP contribution in [0, 0.1) is 5.82 Å². The minimum atomic E-state index is -0.399. The van der Waals surface area contributed by atoms with E-state index < -0.39 is 5.82 Å². The van der Waals surface area contributed by atoms with Gasteiger partial charge in [-0.3, -0.25) is 9.69 Å². The van der Waals surface area contributed by atoms with Crippen LogP contribution in [0.25, 0.3) is 0 Å². The van der Waals surface area contributed by atoms with Gasteiger partial charge in [0.25, 0.3) is 0 Å². The highest BCUT2D eigenvalue weighted by Crippen LogP contribution is 2.17. The van der Waals surface area contributed by atoms with Crippen molar-refractivity contribution in [2.24, 2.45) is 0 Å². The molecule has 1 atom stereocenters. The number of amides is 1. The van der Waals surface area contributed by atoms with Crippen LogP contribution >= 0.6 is 0 Å². The molecule has 1 amide bonds. The van der Waals surface area contributed by atoms with Crippen molar-refractivity contribution < 1.29 is 9.18 Å². The Morgan fingerprint density at radius 2 is 2.26 bits per heavy atom. The Kier molecular flexibility index (Phi) is 4.87. The molecule has 1 heterocycles. The van der Waals surface area contributed by atoms with E-state index in [9.17, 15) is 9.18 Å². The van der Waals surface area contributed by atoms with Crippen molar-refractivity contribution >= 4 is 11.6 Å². The number of benzene rings is 1. The number of hydrogen-bond donors (Lipinski definition) is 2. The second kappa shape index (κ2) is 6.63. The molecule has 1 saturated heterocycles. The van der Waals surface area contributed by atoms with Crippen molar-refractivity contribution in [3.63, 3.8) is 0 Å². The molecular weight excluding hydrogens is 245 g/mol. The zero-order chi connectivity index (χ0) is 13.7. The van der Waals surface area contributed by atoms with Crippen molar-refractivity contribution in [1.29, 1.82) is 0 Å². The van der Waals surface area contributed by atoms with E-state index in [1.54, 1.807) is 18.2 Å². The Hall–Kier alpha value is -1.46. The molecule has 1 aliphatic heterocycles. The van der Waals surface area contributed by atoms with Gasteiger partial charge in [0.15, 0.2) is 0 Å². The molecule has 1 unspecified atom stereocenters. The number of para-hydroxylation sites is 1. The number of carbonyl (C=O) groups is 1. The van der Waals surface area contributed by atoms with E-state index in [4.69, 9.17) is 0 Å². The summed E-state index contributed by atoms with van der Waals surface area (Å²) < 4.78 is 13.4. The van der Waals surface area contributed by atoms with Gasteiger partial charge < -0.3 is 10.6 Å². The van der Waals surface area contributed by atoms with E-state index in [0.717, 1.165) is 25.9 Å². The van der Waals surface area contributed by atoms with Crippen LogP contribution in [0.5, 0.6) is 0 Å². The molecule has 1 aromatic rings. The van der Waals surface area contributed by atoms with Gasteiger partial charge in [-0.05, 0) is 38.6 Å². The van der Waals surface area contributed by atoms with E-state index in [1.165, 1.54) is 6.07 Å². The van der Waals surface area contributed by atoms with E-state index in [-0.39, 0.29) is 11.6 Å². The molecule has 0 aromatic heterocycles. The number of nitrogens with zero attached hydrogens (tertiary/aromatic N) is 1. The Morgan fingerprint density at radius 1 is 1.47 bits per heavy atom. The van der Waals surface area contributed by atoms with Crippen LogP contribution in [-0.4, -0.2) is 43.5 Å². The Bertz CT molecular complexity index is 438.